The maximum Gasteiger partial charge on any atom is -0.00220 e. The summed E-state index contributed by atoms with van der Waals surface area (Å²) in [5.74, 6) is 1.19. The van der Waals surface area contributed by atoms with Gasteiger partial charge >= 0.3 is 0 Å². The summed E-state index contributed by atoms with van der Waals surface area (Å²) in [4.78, 5) is 0. The monoisotopic (exact) mass is 574 g/mol. The van der Waals surface area contributed by atoms with Crippen molar-refractivity contribution in [2.24, 2.45) is 28.1 Å². The minimum Gasteiger partial charge on any atom is -0.0673 e. The molecule has 2 aliphatic carbocycles. The maximum atomic E-state index is 2.69. The number of fused-ring (bicyclic) bond motifs is 2. The van der Waals surface area contributed by atoms with Crippen LogP contribution in [-0.4, -0.2) is 12.3 Å². The van der Waals surface area contributed by atoms with E-state index in [2.05, 4.69) is 163 Å². The van der Waals surface area contributed by atoms with E-state index in [1.807, 2.05) is 0 Å². The molecule has 0 spiro atoms. The van der Waals surface area contributed by atoms with Crippen LogP contribution >= 0.6 is 15.8 Å². The van der Waals surface area contributed by atoms with Crippen molar-refractivity contribution < 1.29 is 0 Å². The summed E-state index contributed by atoms with van der Waals surface area (Å²) in [5.41, 5.74) is 3.83. The van der Waals surface area contributed by atoms with E-state index in [0.29, 0.717) is 11.8 Å². The summed E-state index contributed by atoms with van der Waals surface area (Å²) in [5, 5.41) is 6.02. The van der Waals surface area contributed by atoms with Gasteiger partial charge < -0.3 is 0 Å². The molecule has 0 radical (unpaired) electrons. The Bertz CT molecular complexity index is 1430. The van der Waals surface area contributed by atoms with E-state index in [1.54, 1.807) is 11.1 Å². The second-order valence-electron chi connectivity index (χ2n) is 13.0. The molecule has 6 rings (SSSR count). The molecule has 0 saturated heterocycles. The zero-order valence-corrected chi connectivity index (χ0v) is 27.3. The van der Waals surface area contributed by atoms with Gasteiger partial charge in [0.05, 0.1) is 0 Å². The van der Waals surface area contributed by atoms with E-state index in [9.17, 15) is 0 Å². The number of hydrogen-bond donors (Lipinski definition) is 0. The molecule has 0 amide bonds. The molecule has 2 heteroatoms. The van der Waals surface area contributed by atoms with Gasteiger partial charge in [-0.25, -0.2) is 0 Å². The van der Waals surface area contributed by atoms with Crippen molar-refractivity contribution in [3.63, 3.8) is 0 Å². The van der Waals surface area contributed by atoms with Gasteiger partial charge in [-0.05, 0) is 91.3 Å². The Morgan fingerprint density at radius 3 is 1.29 bits per heavy atom. The van der Waals surface area contributed by atoms with Gasteiger partial charge in [0, 0.05) is 0 Å². The van der Waals surface area contributed by atoms with Crippen molar-refractivity contribution in [3.8, 4) is 0 Å². The lowest BCUT2D eigenvalue weighted by Gasteiger charge is -2.53. The largest absolute Gasteiger partial charge is 0.0673 e. The summed E-state index contributed by atoms with van der Waals surface area (Å²) in [6.07, 6.45) is 2.45. The molecular formula is C39H44P2. The van der Waals surface area contributed by atoms with Crippen molar-refractivity contribution in [1.82, 2.24) is 0 Å². The molecule has 1 saturated carbocycles. The lowest BCUT2D eigenvalue weighted by atomic mass is 9.57. The summed E-state index contributed by atoms with van der Waals surface area (Å²) < 4.78 is 0. The molecule has 0 nitrogen and oxygen atoms in total. The summed E-state index contributed by atoms with van der Waals surface area (Å²) in [6.45, 7) is 15.5. The Morgan fingerprint density at radius 2 is 0.902 bits per heavy atom. The Morgan fingerprint density at radius 1 is 0.537 bits per heavy atom. The van der Waals surface area contributed by atoms with Crippen LogP contribution in [0.15, 0.2) is 132 Å². The Kier molecular flexibility index (Phi) is 7.64. The Labute approximate surface area is 250 Å². The topological polar surface area (TPSA) is 0 Å². The molecule has 3 unspecified atom stereocenters. The standard InChI is InChI=1S/C39H44P2/c1-29-30(2)39(6)31(3)38(29,5)36(27-40(32-19-11-7-12-20-32)33-21-13-8-14-22-33)37(39,4)28-41(34-23-15-9-16-24-34)35-25-17-10-18-26-35/h7-26,31,36H,27-28H2,1-6H3/t31?,36?,37?,38-,39-/m0/s1. The molecule has 1 fully saturated rings. The molecule has 5 atom stereocenters. The maximum absolute atomic E-state index is 2.69. The molecule has 2 bridgehead atoms. The minimum atomic E-state index is -0.504. The third-order valence-electron chi connectivity index (χ3n) is 11.7. The molecule has 4 aromatic carbocycles. The van der Waals surface area contributed by atoms with Crippen LogP contribution in [0.2, 0.25) is 0 Å². The fourth-order valence-corrected chi connectivity index (χ4v) is 14.7. The average Bonchev–Trinajstić information content (AvgIpc) is 3.24. The molecule has 2 aliphatic rings. The number of rotatable bonds is 8. The van der Waals surface area contributed by atoms with Gasteiger partial charge in [0.1, 0.15) is 0 Å². The van der Waals surface area contributed by atoms with Crippen LogP contribution in [0.4, 0.5) is 0 Å². The van der Waals surface area contributed by atoms with E-state index >= 15 is 0 Å². The quantitative estimate of drug-likeness (QED) is 0.146. The van der Waals surface area contributed by atoms with Crippen LogP contribution in [0.5, 0.6) is 0 Å². The Balaban J connectivity index is 1.52. The van der Waals surface area contributed by atoms with E-state index in [4.69, 9.17) is 0 Å². The van der Waals surface area contributed by atoms with E-state index in [-0.39, 0.29) is 16.2 Å². The first-order valence-electron chi connectivity index (χ1n) is 15.2. The van der Waals surface area contributed by atoms with Crippen molar-refractivity contribution in [1.29, 1.82) is 0 Å². The van der Waals surface area contributed by atoms with Gasteiger partial charge in [0.2, 0.25) is 0 Å². The lowest BCUT2D eigenvalue weighted by Crippen LogP contribution is -2.48. The van der Waals surface area contributed by atoms with Gasteiger partial charge in [0.25, 0.3) is 0 Å². The molecule has 0 aromatic heterocycles. The average molecular weight is 575 g/mol. The molecule has 0 N–H and O–H groups in total. The first-order valence-corrected chi connectivity index (χ1v) is 18.2. The van der Waals surface area contributed by atoms with E-state index < -0.39 is 15.8 Å². The fourth-order valence-electron chi connectivity index (χ4n) is 8.85. The van der Waals surface area contributed by atoms with E-state index in [1.165, 1.54) is 33.5 Å². The lowest BCUT2D eigenvalue weighted by molar-refractivity contribution is 0.105. The van der Waals surface area contributed by atoms with Gasteiger partial charge in [0.15, 0.2) is 0 Å². The summed E-state index contributed by atoms with van der Waals surface area (Å²) in [6, 6.07) is 45.6. The second kappa shape index (κ2) is 11.0. The molecule has 210 valence electrons. The SMILES string of the molecule is CC1=C(C)[C@@]2(C)C(C)[C@@]1(C)C(CP(c1ccccc1)c1ccccc1)C2(C)CP(c1ccccc1)c1ccccc1. The third kappa shape index (κ3) is 4.41. The summed E-state index contributed by atoms with van der Waals surface area (Å²) >= 11 is 0. The summed E-state index contributed by atoms with van der Waals surface area (Å²) in [7, 11) is -0.992. The number of allylic oxidation sites excluding steroid dienone is 2. The highest BCUT2D eigenvalue weighted by Gasteiger charge is 2.72. The van der Waals surface area contributed by atoms with Crippen LogP contribution in [0.25, 0.3) is 0 Å². The van der Waals surface area contributed by atoms with Crippen LogP contribution < -0.4 is 21.2 Å². The number of hydrogen-bond acceptors (Lipinski definition) is 0. The molecule has 0 aliphatic heterocycles. The van der Waals surface area contributed by atoms with Crippen molar-refractivity contribution in [3.05, 3.63) is 132 Å². The first-order chi connectivity index (χ1) is 19.7. The number of benzene rings is 4. The van der Waals surface area contributed by atoms with Crippen LogP contribution in [-0.2, 0) is 0 Å². The molecule has 0 heterocycles. The second-order valence-corrected chi connectivity index (χ2v) is 17.4. The van der Waals surface area contributed by atoms with Crippen LogP contribution in [0.3, 0.4) is 0 Å². The minimum absolute atomic E-state index is 0.159. The zero-order valence-electron chi connectivity index (χ0n) is 25.5. The van der Waals surface area contributed by atoms with Crippen molar-refractivity contribution in [2.45, 2.75) is 41.5 Å². The third-order valence-corrected chi connectivity index (χ3v) is 17.1. The highest BCUT2D eigenvalue weighted by atomic mass is 31.1. The first kappa shape index (κ1) is 28.6. The van der Waals surface area contributed by atoms with E-state index in [0.717, 1.165) is 0 Å². The van der Waals surface area contributed by atoms with Gasteiger partial charge in [-0.3, -0.25) is 0 Å². The normalized spacial score (nSPS) is 29.1. The zero-order chi connectivity index (χ0) is 28.8. The van der Waals surface area contributed by atoms with Crippen LogP contribution in [0.1, 0.15) is 41.5 Å². The Hall–Kier alpha value is -2.52. The molecular weight excluding hydrogens is 530 g/mol. The van der Waals surface area contributed by atoms with Gasteiger partial charge in [-0.1, -0.05) is 160 Å². The van der Waals surface area contributed by atoms with Crippen LogP contribution in [0, 0.1) is 28.1 Å². The molecule has 41 heavy (non-hydrogen) atoms. The smallest absolute Gasteiger partial charge is 0.00220 e. The predicted molar refractivity (Wildman–Crippen MR) is 183 cm³/mol. The fraction of sp³-hybridized carbons (Fsp3) is 0.333. The van der Waals surface area contributed by atoms with Crippen molar-refractivity contribution >= 4 is 37.1 Å². The molecule has 4 aromatic rings. The highest BCUT2D eigenvalue weighted by molar-refractivity contribution is 7.73. The highest BCUT2D eigenvalue weighted by Crippen LogP contribution is 2.79. The van der Waals surface area contributed by atoms with Crippen molar-refractivity contribution in [2.75, 3.05) is 12.3 Å². The predicted octanol–water partition coefficient (Wildman–Crippen LogP) is 8.89. The van der Waals surface area contributed by atoms with Gasteiger partial charge in [-0.15, -0.1) is 0 Å². The van der Waals surface area contributed by atoms with Gasteiger partial charge in [-0.2, -0.15) is 0 Å².